The molecule has 1 fully saturated rings. The first-order chi connectivity index (χ1) is 12.1. The van der Waals surface area contributed by atoms with Crippen LogP contribution in [0.5, 0.6) is 0 Å². The lowest BCUT2D eigenvalue weighted by atomic mass is 10.1. The zero-order valence-corrected chi connectivity index (χ0v) is 14.7. The van der Waals surface area contributed by atoms with Gasteiger partial charge in [-0.1, -0.05) is 18.2 Å². The molecule has 0 spiro atoms. The Balaban J connectivity index is 1.47. The number of nitrogens with one attached hydrogen (secondary N) is 1. The minimum atomic E-state index is -0.140. The third-order valence-corrected chi connectivity index (χ3v) is 4.61. The van der Waals surface area contributed by atoms with Gasteiger partial charge >= 0.3 is 0 Å². The number of aromatic nitrogens is 2. The molecule has 134 valence electrons. The molecule has 0 unspecified atom stereocenters. The lowest BCUT2D eigenvalue weighted by Crippen LogP contribution is -2.37. The third-order valence-electron chi connectivity index (χ3n) is 4.61. The van der Waals surface area contributed by atoms with Crippen molar-refractivity contribution < 1.29 is 9.90 Å². The molecule has 3 rings (SSSR count). The molecule has 2 heterocycles. The highest BCUT2D eigenvalue weighted by Crippen LogP contribution is 2.12. The number of carbonyl (C=O) groups excluding carboxylic acids is 1. The molecule has 1 aliphatic rings. The fourth-order valence-electron chi connectivity index (χ4n) is 3.15. The van der Waals surface area contributed by atoms with Gasteiger partial charge in [0.1, 0.15) is 0 Å². The van der Waals surface area contributed by atoms with Crippen molar-refractivity contribution in [1.82, 2.24) is 20.0 Å². The maximum Gasteiger partial charge on any atom is 0.271 e. The minimum Gasteiger partial charge on any atom is -0.393 e. The second kappa shape index (κ2) is 8.27. The highest BCUT2D eigenvalue weighted by molar-refractivity contribution is 5.92. The summed E-state index contributed by atoms with van der Waals surface area (Å²) in [6, 6.07) is 11.6. The number of aliphatic hydroxyl groups is 1. The predicted octanol–water partition coefficient (Wildman–Crippen LogP) is 1.76. The third kappa shape index (κ3) is 4.67. The summed E-state index contributed by atoms with van der Waals surface area (Å²) in [5, 5.41) is 16.9. The van der Waals surface area contributed by atoms with Crippen LogP contribution < -0.4 is 5.32 Å². The highest BCUT2D eigenvalue weighted by atomic mass is 16.3. The van der Waals surface area contributed by atoms with E-state index in [0.717, 1.165) is 50.3 Å². The van der Waals surface area contributed by atoms with Gasteiger partial charge in [-0.05, 0) is 50.9 Å². The van der Waals surface area contributed by atoms with Gasteiger partial charge in [-0.2, -0.15) is 5.10 Å². The molecule has 0 bridgehead atoms. The second-order valence-electron chi connectivity index (χ2n) is 6.60. The van der Waals surface area contributed by atoms with E-state index in [2.05, 4.69) is 15.3 Å². The Labute approximate surface area is 148 Å². The molecule has 0 radical (unpaired) electrons. The molecule has 1 saturated heterocycles. The first-order valence-electron chi connectivity index (χ1n) is 8.94. The lowest BCUT2D eigenvalue weighted by molar-refractivity contribution is 0.0816. The van der Waals surface area contributed by atoms with E-state index in [1.165, 1.54) is 0 Å². The highest BCUT2D eigenvalue weighted by Gasteiger charge is 2.17. The first kappa shape index (κ1) is 17.6. The van der Waals surface area contributed by atoms with Crippen molar-refractivity contribution in [1.29, 1.82) is 0 Å². The van der Waals surface area contributed by atoms with Gasteiger partial charge in [0.25, 0.3) is 5.91 Å². The molecule has 0 saturated carbocycles. The molecule has 1 aromatic heterocycles. The zero-order valence-electron chi connectivity index (χ0n) is 14.7. The summed E-state index contributed by atoms with van der Waals surface area (Å²) in [6.45, 7) is 5.41. The van der Waals surface area contributed by atoms with Crippen molar-refractivity contribution in [2.45, 2.75) is 32.3 Å². The molecule has 1 amide bonds. The molecule has 0 atom stereocenters. The van der Waals surface area contributed by atoms with Crippen molar-refractivity contribution in [3.8, 4) is 5.69 Å². The summed E-state index contributed by atoms with van der Waals surface area (Å²) < 4.78 is 1.79. The molecule has 6 nitrogen and oxygen atoms in total. The lowest BCUT2D eigenvalue weighted by Gasteiger charge is -2.29. The number of aryl methyl sites for hydroxylation is 1. The van der Waals surface area contributed by atoms with Crippen LogP contribution in [0, 0.1) is 6.92 Å². The van der Waals surface area contributed by atoms with E-state index in [-0.39, 0.29) is 12.0 Å². The number of benzene rings is 1. The van der Waals surface area contributed by atoms with E-state index in [0.29, 0.717) is 12.2 Å². The number of hydrogen-bond acceptors (Lipinski definition) is 4. The Morgan fingerprint density at radius 3 is 2.72 bits per heavy atom. The Bertz CT molecular complexity index is 691. The fraction of sp³-hybridized carbons (Fsp3) is 0.474. The first-order valence-corrected chi connectivity index (χ1v) is 8.94. The van der Waals surface area contributed by atoms with E-state index in [9.17, 15) is 9.90 Å². The Morgan fingerprint density at radius 2 is 2.00 bits per heavy atom. The van der Waals surface area contributed by atoms with Crippen LogP contribution in [0.15, 0.2) is 36.4 Å². The summed E-state index contributed by atoms with van der Waals surface area (Å²) in [5.41, 5.74) is 2.33. The average Bonchev–Trinajstić information content (AvgIpc) is 3.03. The standard InChI is InChI=1S/C19H26N4O2/c1-15-14-18(21-23(15)16-6-3-2-4-7-16)19(25)20-10-5-11-22-12-8-17(24)9-13-22/h2-4,6-7,14,17,24H,5,8-13H2,1H3,(H,20,25). The van der Waals surface area contributed by atoms with E-state index < -0.39 is 0 Å². The van der Waals surface area contributed by atoms with Crippen LogP contribution in [0.4, 0.5) is 0 Å². The molecule has 6 heteroatoms. The van der Waals surface area contributed by atoms with Crippen LogP contribution in [0.1, 0.15) is 35.4 Å². The average molecular weight is 342 g/mol. The van der Waals surface area contributed by atoms with E-state index in [4.69, 9.17) is 0 Å². The molecule has 1 aliphatic heterocycles. The topological polar surface area (TPSA) is 70.4 Å². The molecular weight excluding hydrogens is 316 g/mol. The number of aliphatic hydroxyl groups excluding tert-OH is 1. The van der Waals surface area contributed by atoms with Gasteiger partial charge in [0, 0.05) is 25.3 Å². The molecule has 25 heavy (non-hydrogen) atoms. The van der Waals surface area contributed by atoms with Crippen LogP contribution >= 0.6 is 0 Å². The summed E-state index contributed by atoms with van der Waals surface area (Å²) in [4.78, 5) is 14.6. The van der Waals surface area contributed by atoms with E-state index >= 15 is 0 Å². The maximum absolute atomic E-state index is 12.3. The fourth-order valence-corrected chi connectivity index (χ4v) is 3.15. The van der Waals surface area contributed by atoms with E-state index in [1.807, 2.05) is 43.3 Å². The van der Waals surface area contributed by atoms with Gasteiger partial charge in [0.05, 0.1) is 11.8 Å². The molecule has 1 aromatic carbocycles. The number of piperidine rings is 1. The van der Waals surface area contributed by atoms with Crippen LogP contribution in [0.25, 0.3) is 5.69 Å². The number of rotatable bonds is 6. The summed E-state index contributed by atoms with van der Waals surface area (Å²) in [5.74, 6) is -0.133. The van der Waals surface area contributed by atoms with Gasteiger partial charge in [-0.3, -0.25) is 4.79 Å². The Hall–Kier alpha value is -2.18. The molecule has 0 aliphatic carbocycles. The van der Waals surface area contributed by atoms with Gasteiger partial charge < -0.3 is 15.3 Å². The quantitative estimate of drug-likeness (QED) is 0.785. The van der Waals surface area contributed by atoms with Crippen LogP contribution in [0.2, 0.25) is 0 Å². The number of likely N-dealkylation sites (tertiary alicyclic amines) is 1. The van der Waals surface area contributed by atoms with Gasteiger partial charge in [0.2, 0.25) is 0 Å². The normalized spacial score (nSPS) is 16.1. The van der Waals surface area contributed by atoms with Gasteiger partial charge in [-0.25, -0.2) is 4.68 Å². The van der Waals surface area contributed by atoms with E-state index in [1.54, 1.807) is 4.68 Å². The monoisotopic (exact) mass is 342 g/mol. The summed E-state index contributed by atoms with van der Waals surface area (Å²) in [6.07, 6.45) is 2.46. The van der Waals surface area contributed by atoms with Crippen molar-refractivity contribution in [2.24, 2.45) is 0 Å². The van der Waals surface area contributed by atoms with Crippen molar-refractivity contribution in [2.75, 3.05) is 26.2 Å². The van der Waals surface area contributed by atoms with Crippen molar-refractivity contribution in [3.63, 3.8) is 0 Å². The number of carbonyl (C=O) groups is 1. The molecule has 2 aromatic rings. The largest absolute Gasteiger partial charge is 0.393 e. The summed E-state index contributed by atoms with van der Waals surface area (Å²) in [7, 11) is 0. The minimum absolute atomic E-state index is 0.133. The van der Waals surface area contributed by atoms with Crippen LogP contribution in [-0.2, 0) is 0 Å². The number of amides is 1. The maximum atomic E-state index is 12.3. The van der Waals surface area contributed by atoms with Crippen LogP contribution in [-0.4, -0.2) is 58.0 Å². The van der Waals surface area contributed by atoms with Crippen molar-refractivity contribution in [3.05, 3.63) is 47.8 Å². The van der Waals surface area contributed by atoms with Gasteiger partial charge in [-0.15, -0.1) is 0 Å². The smallest absolute Gasteiger partial charge is 0.271 e. The van der Waals surface area contributed by atoms with Gasteiger partial charge in [0.15, 0.2) is 5.69 Å². The molecular formula is C19H26N4O2. The zero-order chi connectivity index (χ0) is 17.6. The van der Waals surface area contributed by atoms with Crippen molar-refractivity contribution >= 4 is 5.91 Å². The van der Waals surface area contributed by atoms with Crippen LogP contribution in [0.3, 0.4) is 0 Å². The number of para-hydroxylation sites is 1. The number of hydrogen-bond donors (Lipinski definition) is 2. The Kier molecular flexibility index (Phi) is 5.83. The Morgan fingerprint density at radius 1 is 1.28 bits per heavy atom. The molecule has 2 N–H and O–H groups in total. The number of nitrogens with zero attached hydrogens (tertiary/aromatic N) is 3. The summed E-state index contributed by atoms with van der Waals surface area (Å²) >= 11 is 0. The second-order valence-corrected chi connectivity index (χ2v) is 6.60. The SMILES string of the molecule is Cc1cc(C(=O)NCCCN2CCC(O)CC2)nn1-c1ccccc1. The predicted molar refractivity (Wildman–Crippen MR) is 96.9 cm³/mol.